The van der Waals surface area contributed by atoms with Gasteiger partial charge in [0, 0.05) is 10.0 Å². The Morgan fingerprint density at radius 2 is 1.62 bits per heavy atom. The molecule has 0 spiro atoms. The summed E-state index contributed by atoms with van der Waals surface area (Å²) in [4.78, 5) is 0. The monoisotopic (exact) mass is 409 g/mol. The highest BCUT2D eigenvalue weighted by atomic mass is 79.9. The molecule has 0 bridgehead atoms. The van der Waals surface area contributed by atoms with Crippen LogP contribution in [0.15, 0.2) is 52.1 Å². The van der Waals surface area contributed by atoms with Gasteiger partial charge in [0.15, 0.2) is 5.82 Å². The fourth-order valence-electron chi connectivity index (χ4n) is 2.52. The molecule has 0 fully saturated rings. The normalized spacial score (nSPS) is 11.2. The number of aromatic nitrogens is 3. The largest absolute Gasteiger partial charge is 0.291 e. The Morgan fingerprint density at radius 3 is 2.21 bits per heavy atom. The summed E-state index contributed by atoms with van der Waals surface area (Å²) in [7, 11) is 0. The first-order valence-electron chi connectivity index (χ1n) is 7.19. The number of alkyl halides is 2. The van der Waals surface area contributed by atoms with Crippen LogP contribution in [0.2, 0.25) is 0 Å². The van der Waals surface area contributed by atoms with Gasteiger partial charge < -0.3 is 0 Å². The van der Waals surface area contributed by atoms with E-state index in [9.17, 15) is 8.78 Å². The highest BCUT2D eigenvalue weighted by Gasteiger charge is 2.19. The maximum atomic E-state index is 12.9. The summed E-state index contributed by atoms with van der Waals surface area (Å²) in [6.45, 7) is 3.94. The van der Waals surface area contributed by atoms with Crippen LogP contribution in [-0.2, 0) is 0 Å². The molecule has 0 aliphatic carbocycles. The van der Waals surface area contributed by atoms with Crippen LogP contribution in [0, 0.1) is 13.8 Å². The van der Waals surface area contributed by atoms with Crippen LogP contribution in [-0.4, -0.2) is 20.5 Å². The summed E-state index contributed by atoms with van der Waals surface area (Å²) in [5.41, 5.74) is 3.69. The van der Waals surface area contributed by atoms with Crippen molar-refractivity contribution in [3.63, 3.8) is 0 Å². The summed E-state index contributed by atoms with van der Waals surface area (Å²) in [5.74, 6) is -2.02. The molecule has 3 nitrogen and oxygen atoms in total. The predicted molar refractivity (Wildman–Crippen MR) is 95.8 cm³/mol. The number of hydrogen-bond acceptors (Lipinski definition) is 3. The smallest absolute Gasteiger partial charge is 0.270 e. The van der Waals surface area contributed by atoms with Crippen molar-refractivity contribution in [2.45, 2.75) is 24.8 Å². The topological polar surface area (TPSA) is 30.7 Å². The maximum Gasteiger partial charge on any atom is 0.291 e. The number of rotatable bonds is 4. The molecule has 0 N–H and O–H groups in total. The number of benzene rings is 2. The lowest BCUT2D eigenvalue weighted by atomic mass is 10.1. The Kier molecular flexibility index (Phi) is 5.01. The zero-order valence-corrected chi connectivity index (χ0v) is 15.4. The van der Waals surface area contributed by atoms with E-state index in [1.54, 1.807) is 4.57 Å². The van der Waals surface area contributed by atoms with Gasteiger partial charge in [-0.05, 0) is 61.0 Å². The van der Waals surface area contributed by atoms with Crippen LogP contribution >= 0.6 is 27.7 Å². The average molecular weight is 410 g/mol. The quantitative estimate of drug-likeness (QED) is 0.523. The van der Waals surface area contributed by atoms with Crippen LogP contribution in [0.5, 0.6) is 0 Å². The van der Waals surface area contributed by atoms with Crippen molar-refractivity contribution >= 4 is 27.7 Å². The number of halogens is 3. The molecule has 0 aliphatic heterocycles. The van der Waals surface area contributed by atoms with E-state index in [0.29, 0.717) is 17.6 Å². The van der Waals surface area contributed by atoms with Gasteiger partial charge >= 0.3 is 0 Å². The Morgan fingerprint density at radius 1 is 1.00 bits per heavy atom. The lowest BCUT2D eigenvalue weighted by molar-refractivity contribution is 0.251. The van der Waals surface area contributed by atoms with Gasteiger partial charge in [-0.2, -0.15) is 8.78 Å². The molecule has 0 radical (unpaired) electrons. The number of nitrogens with zero attached hydrogens (tertiary/aromatic N) is 3. The summed E-state index contributed by atoms with van der Waals surface area (Å²) in [6, 6.07) is 13.4. The molecule has 0 saturated carbocycles. The molecule has 0 unspecified atom stereocenters. The van der Waals surface area contributed by atoms with Gasteiger partial charge in [-0.25, -0.2) is 0 Å². The molecule has 7 heteroatoms. The predicted octanol–water partition coefficient (Wildman–Crippen LogP) is 5.63. The lowest BCUT2D eigenvalue weighted by Crippen LogP contribution is -2.01. The number of aryl methyl sites for hydroxylation is 2. The molecule has 0 atom stereocenters. The van der Waals surface area contributed by atoms with E-state index in [1.165, 1.54) is 0 Å². The van der Waals surface area contributed by atoms with E-state index in [2.05, 4.69) is 26.1 Å². The molecular weight excluding hydrogens is 396 g/mol. The molecule has 124 valence electrons. The van der Waals surface area contributed by atoms with Crippen LogP contribution in [0.3, 0.4) is 0 Å². The summed E-state index contributed by atoms with van der Waals surface area (Å²) in [6.07, 6.45) is 0. The fraction of sp³-hybridized carbons (Fsp3) is 0.176. The lowest BCUT2D eigenvalue weighted by Gasteiger charge is -2.12. The van der Waals surface area contributed by atoms with E-state index in [1.807, 2.05) is 56.3 Å². The second-order valence-corrected chi connectivity index (χ2v) is 7.25. The average Bonchev–Trinajstić information content (AvgIpc) is 2.89. The SMILES string of the molecule is Cc1cc(C)cc(-n2c(SC(F)F)nnc2-c2ccc(Br)cc2)c1. The van der Waals surface area contributed by atoms with Gasteiger partial charge in [-0.15, -0.1) is 10.2 Å². The Hall–Kier alpha value is -1.73. The van der Waals surface area contributed by atoms with E-state index in [4.69, 9.17) is 0 Å². The van der Waals surface area contributed by atoms with E-state index < -0.39 is 5.76 Å². The zero-order chi connectivity index (χ0) is 17.3. The van der Waals surface area contributed by atoms with Crippen molar-refractivity contribution in [1.29, 1.82) is 0 Å². The Labute approximate surface area is 151 Å². The van der Waals surface area contributed by atoms with Crippen LogP contribution in [0.1, 0.15) is 11.1 Å². The first kappa shape index (κ1) is 17.1. The Bertz CT molecular complexity index is 843. The summed E-state index contributed by atoms with van der Waals surface area (Å²) < 4.78 is 28.4. The molecule has 3 aromatic rings. The molecule has 3 rings (SSSR count). The molecule has 0 aliphatic rings. The molecule has 1 heterocycles. The van der Waals surface area contributed by atoms with Gasteiger partial charge in [-0.1, -0.05) is 34.1 Å². The molecule has 1 aromatic heterocycles. The first-order valence-corrected chi connectivity index (χ1v) is 8.86. The number of hydrogen-bond donors (Lipinski definition) is 0. The van der Waals surface area contributed by atoms with Gasteiger partial charge in [0.05, 0.1) is 5.69 Å². The molecule has 0 amide bonds. The van der Waals surface area contributed by atoms with Gasteiger partial charge in [-0.3, -0.25) is 4.57 Å². The summed E-state index contributed by atoms with van der Waals surface area (Å²) >= 11 is 3.79. The van der Waals surface area contributed by atoms with Crippen molar-refractivity contribution in [2.24, 2.45) is 0 Å². The van der Waals surface area contributed by atoms with Crippen molar-refractivity contribution < 1.29 is 8.78 Å². The molecule has 0 saturated heterocycles. The molecule has 24 heavy (non-hydrogen) atoms. The maximum absolute atomic E-state index is 12.9. The minimum absolute atomic E-state index is 0.174. The van der Waals surface area contributed by atoms with Gasteiger partial charge in [0.2, 0.25) is 5.16 Å². The van der Waals surface area contributed by atoms with Crippen molar-refractivity contribution in [3.8, 4) is 17.1 Å². The second-order valence-electron chi connectivity index (χ2n) is 5.37. The summed E-state index contributed by atoms with van der Waals surface area (Å²) in [5, 5.41) is 8.30. The van der Waals surface area contributed by atoms with Crippen LogP contribution in [0.25, 0.3) is 17.1 Å². The first-order chi connectivity index (χ1) is 11.4. The van der Waals surface area contributed by atoms with Crippen molar-refractivity contribution in [3.05, 3.63) is 58.1 Å². The third-order valence-electron chi connectivity index (χ3n) is 3.39. The van der Waals surface area contributed by atoms with Crippen LogP contribution < -0.4 is 0 Å². The molecular formula is C17H14BrF2N3S. The zero-order valence-electron chi connectivity index (χ0n) is 13.0. The second kappa shape index (κ2) is 7.03. The van der Waals surface area contributed by atoms with E-state index >= 15 is 0 Å². The highest BCUT2D eigenvalue weighted by molar-refractivity contribution is 9.10. The van der Waals surface area contributed by atoms with Crippen molar-refractivity contribution in [1.82, 2.24) is 14.8 Å². The minimum Gasteiger partial charge on any atom is -0.270 e. The number of thioether (sulfide) groups is 1. The third kappa shape index (κ3) is 3.67. The van der Waals surface area contributed by atoms with Crippen LogP contribution in [0.4, 0.5) is 8.78 Å². The fourth-order valence-corrected chi connectivity index (χ4v) is 3.33. The molecule has 2 aromatic carbocycles. The van der Waals surface area contributed by atoms with E-state index in [0.717, 1.165) is 26.9 Å². The van der Waals surface area contributed by atoms with Gasteiger partial charge in [0.1, 0.15) is 0 Å². The van der Waals surface area contributed by atoms with Gasteiger partial charge in [0.25, 0.3) is 5.76 Å². The van der Waals surface area contributed by atoms with Crippen molar-refractivity contribution in [2.75, 3.05) is 0 Å². The highest BCUT2D eigenvalue weighted by Crippen LogP contribution is 2.32. The third-order valence-corrected chi connectivity index (χ3v) is 4.58. The van der Waals surface area contributed by atoms with E-state index in [-0.39, 0.29) is 5.16 Å². The Balaban J connectivity index is 2.19. The minimum atomic E-state index is -2.56. The standard InChI is InChI=1S/C17H14BrF2N3S/c1-10-7-11(2)9-14(8-10)23-15(12-3-5-13(18)6-4-12)21-22-17(23)24-16(19)20/h3-9,16H,1-2H3.